The predicted octanol–water partition coefficient (Wildman–Crippen LogP) is 4.54. The molecule has 0 radical (unpaired) electrons. The Bertz CT molecular complexity index is 530. The molecule has 4 aliphatic carbocycles. The maximum Gasteiger partial charge on any atom is 0.139 e. The molecule has 3 heteroatoms. The lowest BCUT2D eigenvalue weighted by atomic mass is 9.45. The van der Waals surface area contributed by atoms with Gasteiger partial charge in [0.2, 0.25) is 0 Å². The van der Waals surface area contributed by atoms with Gasteiger partial charge in [0.25, 0.3) is 0 Å². The molecule has 0 amide bonds. The molecule has 2 nitrogen and oxygen atoms in total. The highest BCUT2D eigenvalue weighted by Gasteiger charge is 2.61. The Kier molecular flexibility index (Phi) is 3.43. The molecular formula is C19H27BrO2. The molecule has 2 unspecified atom stereocenters. The summed E-state index contributed by atoms with van der Waals surface area (Å²) < 4.78 is 0. The molecule has 4 rings (SSSR count). The van der Waals surface area contributed by atoms with Crippen molar-refractivity contribution in [2.75, 3.05) is 0 Å². The monoisotopic (exact) mass is 366 g/mol. The first kappa shape index (κ1) is 15.4. The molecule has 0 spiro atoms. The fourth-order valence-electron chi connectivity index (χ4n) is 6.81. The third kappa shape index (κ3) is 1.90. The highest BCUT2D eigenvalue weighted by molar-refractivity contribution is 9.09. The second-order valence-corrected chi connectivity index (χ2v) is 10.1. The Morgan fingerprint density at radius 2 is 1.77 bits per heavy atom. The van der Waals surface area contributed by atoms with Gasteiger partial charge in [0, 0.05) is 29.5 Å². The molecule has 0 aliphatic heterocycles. The summed E-state index contributed by atoms with van der Waals surface area (Å²) in [6.45, 7) is 4.69. The van der Waals surface area contributed by atoms with Crippen LogP contribution in [0, 0.1) is 34.5 Å². The molecule has 0 aromatic heterocycles. The van der Waals surface area contributed by atoms with Crippen molar-refractivity contribution in [3.63, 3.8) is 0 Å². The predicted molar refractivity (Wildman–Crippen MR) is 89.8 cm³/mol. The maximum atomic E-state index is 12.4. The minimum Gasteiger partial charge on any atom is -0.300 e. The quantitative estimate of drug-likeness (QED) is 0.589. The Morgan fingerprint density at radius 3 is 2.55 bits per heavy atom. The van der Waals surface area contributed by atoms with E-state index in [-0.39, 0.29) is 5.41 Å². The van der Waals surface area contributed by atoms with Crippen LogP contribution in [0.4, 0.5) is 0 Å². The number of carbonyl (C=O) groups excluding carboxylic acids is 2. The number of fused-ring (bicyclic) bond motifs is 5. The van der Waals surface area contributed by atoms with Gasteiger partial charge < -0.3 is 0 Å². The van der Waals surface area contributed by atoms with Crippen molar-refractivity contribution in [3.8, 4) is 0 Å². The fourth-order valence-corrected chi connectivity index (χ4v) is 8.03. The molecule has 4 aliphatic rings. The largest absolute Gasteiger partial charge is 0.300 e. The highest BCUT2D eigenvalue weighted by Crippen LogP contribution is 2.66. The van der Waals surface area contributed by atoms with Crippen LogP contribution in [0.15, 0.2) is 0 Å². The van der Waals surface area contributed by atoms with E-state index in [2.05, 4.69) is 29.8 Å². The van der Waals surface area contributed by atoms with E-state index in [4.69, 9.17) is 0 Å². The average molecular weight is 367 g/mol. The van der Waals surface area contributed by atoms with Crippen LogP contribution >= 0.6 is 15.9 Å². The third-order valence-corrected chi connectivity index (χ3v) is 9.18. The second kappa shape index (κ2) is 4.91. The van der Waals surface area contributed by atoms with Gasteiger partial charge in [0.05, 0.1) is 0 Å². The Morgan fingerprint density at radius 1 is 1.00 bits per heavy atom. The highest BCUT2D eigenvalue weighted by atomic mass is 79.9. The zero-order valence-corrected chi connectivity index (χ0v) is 15.3. The number of ketones is 2. The van der Waals surface area contributed by atoms with Crippen LogP contribution in [0.2, 0.25) is 0 Å². The van der Waals surface area contributed by atoms with Gasteiger partial charge in [0.15, 0.2) is 0 Å². The van der Waals surface area contributed by atoms with Crippen molar-refractivity contribution in [3.05, 3.63) is 0 Å². The first-order valence-corrected chi connectivity index (χ1v) is 9.97. The molecule has 22 heavy (non-hydrogen) atoms. The molecule has 0 N–H and O–H groups in total. The summed E-state index contributed by atoms with van der Waals surface area (Å²) in [5, 5.41) is 0. The van der Waals surface area contributed by atoms with Crippen molar-refractivity contribution >= 4 is 27.5 Å². The van der Waals surface area contributed by atoms with Gasteiger partial charge in [-0.2, -0.15) is 0 Å². The Labute approximate surface area is 141 Å². The number of carbonyl (C=O) groups is 2. The van der Waals surface area contributed by atoms with Crippen molar-refractivity contribution in [2.24, 2.45) is 34.5 Å². The standard InChI is InChI=1S/C19H27BrO2/c1-18-7-5-11(21)9-15(18)16(20)10-12-13-3-4-17(22)19(13,2)8-6-14(12)18/h12-16H,3-10H2,1-2H3/t12-,13-,14-,15?,16?,18+,19-/m0/s1. The zero-order valence-electron chi connectivity index (χ0n) is 13.7. The molecule has 122 valence electrons. The van der Waals surface area contributed by atoms with Gasteiger partial charge in [-0.25, -0.2) is 0 Å². The van der Waals surface area contributed by atoms with Crippen LogP contribution in [0.3, 0.4) is 0 Å². The zero-order chi connectivity index (χ0) is 15.7. The number of halogens is 1. The Hall–Kier alpha value is -0.180. The number of Topliss-reactive ketones (excluding diaryl/α,β-unsaturated/α-hetero) is 2. The van der Waals surface area contributed by atoms with Gasteiger partial charge >= 0.3 is 0 Å². The van der Waals surface area contributed by atoms with E-state index in [1.165, 1.54) is 12.8 Å². The van der Waals surface area contributed by atoms with Crippen molar-refractivity contribution in [2.45, 2.75) is 70.0 Å². The van der Waals surface area contributed by atoms with Crippen LogP contribution in [-0.4, -0.2) is 16.4 Å². The van der Waals surface area contributed by atoms with E-state index in [0.717, 1.165) is 44.4 Å². The molecule has 0 saturated heterocycles. The smallest absolute Gasteiger partial charge is 0.139 e. The second-order valence-electron chi connectivity index (χ2n) is 8.90. The summed E-state index contributed by atoms with van der Waals surface area (Å²) in [5.41, 5.74) is 0.263. The van der Waals surface area contributed by atoms with E-state index in [1.807, 2.05) is 0 Å². The average Bonchev–Trinajstić information content (AvgIpc) is 2.77. The van der Waals surface area contributed by atoms with E-state index in [0.29, 0.717) is 39.6 Å². The van der Waals surface area contributed by atoms with Crippen LogP contribution in [0.1, 0.15) is 65.2 Å². The van der Waals surface area contributed by atoms with Crippen LogP contribution in [-0.2, 0) is 9.59 Å². The lowest BCUT2D eigenvalue weighted by Crippen LogP contribution is -2.56. The minimum absolute atomic E-state index is 0.0401. The van der Waals surface area contributed by atoms with Gasteiger partial charge in [-0.1, -0.05) is 29.8 Å². The summed E-state index contributed by atoms with van der Waals surface area (Å²) in [5.74, 6) is 3.49. The van der Waals surface area contributed by atoms with Crippen LogP contribution < -0.4 is 0 Å². The van der Waals surface area contributed by atoms with Crippen molar-refractivity contribution < 1.29 is 9.59 Å². The minimum atomic E-state index is -0.0401. The summed E-state index contributed by atoms with van der Waals surface area (Å²) in [4.78, 5) is 24.9. The number of hydrogen-bond acceptors (Lipinski definition) is 2. The van der Waals surface area contributed by atoms with E-state index >= 15 is 0 Å². The molecule has 0 bridgehead atoms. The van der Waals surface area contributed by atoms with Crippen LogP contribution in [0.5, 0.6) is 0 Å². The lowest BCUT2D eigenvalue weighted by molar-refractivity contribution is -0.143. The number of hydrogen-bond donors (Lipinski definition) is 0. The van der Waals surface area contributed by atoms with Gasteiger partial charge in [0.1, 0.15) is 11.6 Å². The van der Waals surface area contributed by atoms with Gasteiger partial charge in [-0.15, -0.1) is 0 Å². The normalized spacial score (nSPS) is 54.6. The molecule has 0 heterocycles. The lowest BCUT2D eigenvalue weighted by Gasteiger charge is -2.60. The van der Waals surface area contributed by atoms with Crippen molar-refractivity contribution in [1.82, 2.24) is 0 Å². The van der Waals surface area contributed by atoms with Crippen molar-refractivity contribution in [1.29, 1.82) is 0 Å². The molecule has 4 saturated carbocycles. The van der Waals surface area contributed by atoms with E-state index in [9.17, 15) is 9.59 Å². The fraction of sp³-hybridized carbons (Fsp3) is 0.895. The molecule has 0 aromatic rings. The third-order valence-electron chi connectivity index (χ3n) is 8.16. The molecule has 7 atom stereocenters. The number of alkyl halides is 1. The molecule has 4 fully saturated rings. The topological polar surface area (TPSA) is 34.1 Å². The van der Waals surface area contributed by atoms with E-state index in [1.54, 1.807) is 0 Å². The van der Waals surface area contributed by atoms with Crippen LogP contribution in [0.25, 0.3) is 0 Å². The van der Waals surface area contributed by atoms with E-state index < -0.39 is 0 Å². The summed E-state index contributed by atoms with van der Waals surface area (Å²) >= 11 is 3.95. The first-order valence-electron chi connectivity index (χ1n) is 9.05. The summed E-state index contributed by atoms with van der Waals surface area (Å²) in [6, 6.07) is 0. The van der Waals surface area contributed by atoms with Gasteiger partial charge in [-0.05, 0) is 61.2 Å². The first-order chi connectivity index (χ1) is 10.4. The Balaban J connectivity index is 1.69. The summed E-state index contributed by atoms with van der Waals surface area (Å²) in [7, 11) is 0. The molecular weight excluding hydrogens is 340 g/mol. The number of rotatable bonds is 0. The van der Waals surface area contributed by atoms with Gasteiger partial charge in [-0.3, -0.25) is 9.59 Å². The summed E-state index contributed by atoms with van der Waals surface area (Å²) in [6.07, 6.45) is 7.98. The molecule has 0 aromatic carbocycles. The SMILES string of the molecule is C[C@]12CCC(=O)CC1C(Br)C[C@@H]1[C@@H]2CC[C@]2(C)C(=O)CC[C@@H]12. The maximum absolute atomic E-state index is 12.4.